The van der Waals surface area contributed by atoms with Crippen LogP contribution in [0, 0.1) is 0 Å². The van der Waals surface area contributed by atoms with E-state index in [0.29, 0.717) is 16.4 Å². The van der Waals surface area contributed by atoms with Gasteiger partial charge in [0.25, 0.3) is 0 Å². The Kier molecular flexibility index (Phi) is 3.40. The minimum absolute atomic E-state index is 0.0922. The number of rotatable bonds is 3. The molecule has 4 heteroatoms. The average Bonchev–Trinajstić information content (AvgIpc) is 2.32. The van der Waals surface area contributed by atoms with E-state index in [0.717, 1.165) is 5.56 Å². The van der Waals surface area contributed by atoms with Gasteiger partial charge in [0, 0.05) is 17.6 Å². The molecule has 0 radical (unpaired) electrons. The summed E-state index contributed by atoms with van der Waals surface area (Å²) < 4.78 is 0. The number of pyridine rings is 1. The van der Waals surface area contributed by atoms with Crippen LogP contribution in [0.5, 0.6) is 0 Å². The van der Waals surface area contributed by atoms with Crippen LogP contribution in [0.15, 0.2) is 42.6 Å². The molecule has 0 bridgehead atoms. The third-order valence-electron chi connectivity index (χ3n) is 2.38. The second kappa shape index (κ2) is 4.97. The Morgan fingerprint density at radius 2 is 1.94 bits per heavy atom. The van der Waals surface area contributed by atoms with Crippen LogP contribution >= 0.6 is 11.6 Å². The van der Waals surface area contributed by atoms with Gasteiger partial charge in [-0.05, 0) is 29.8 Å². The van der Waals surface area contributed by atoms with E-state index in [9.17, 15) is 4.79 Å². The Balaban J connectivity index is 2.17. The summed E-state index contributed by atoms with van der Waals surface area (Å²) in [7, 11) is 0. The van der Waals surface area contributed by atoms with Gasteiger partial charge >= 0.3 is 0 Å². The maximum absolute atomic E-state index is 11.9. The zero-order valence-corrected chi connectivity index (χ0v) is 9.82. The predicted octanol–water partition coefficient (Wildman–Crippen LogP) is 2.74. The number of halogens is 1. The molecule has 17 heavy (non-hydrogen) atoms. The summed E-state index contributed by atoms with van der Waals surface area (Å²) in [6.45, 7) is 0. The van der Waals surface area contributed by atoms with Gasteiger partial charge in [-0.1, -0.05) is 23.7 Å². The first-order valence-corrected chi connectivity index (χ1v) is 5.53. The molecule has 3 nitrogen and oxygen atoms in total. The number of carbonyl (C=O) groups excluding carboxylic acids is 1. The number of anilines is 1. The molecule has 86 valence electrons. The van der Waals surface area contributed by atoms with Crippen LogP contribution in [0.3, 0.4) is 0 Å². The largest absolute Gasteiger partial charge is 0.397 e. The number of aromatic nitrogens is 1. The molecule has 0 spiro atoms. The van der Waals surface area contributed by atoms with E-state index < -0.39 is 0 Å². The highest BCUT2D eigenvalue weighted by Gasteiger charge is 2.11. The summed E-state index contributed by atoms with van der Waals surface area (Å²) in [5.74, 6) is -0.0922. The minimum atomic E-state index is -0.0922. The molecule has 0 atom stereocenters. The third kappa shape index (κ3) is 2.82. The fraction of sp³-hybridized carbons (Fsp3) is 0.0769. The van der Waals surface area contributed by atoms with Crippen LogP contribution in [-0.4, -0.2) is 10.8 Å². The highest BCUT2D eigenvalue weighted by molar-refractivity contribution is 6.30. The summed E-state index contributed by atoms with van der Waals surface area (Å²) in [5, 5.41) is 0.651. The first kappa shape index (κ1) is 11.6. The van der Waals surface area contributed by atoms with Gasteiger partial charge in [0.15, 0.2) is 5.78 Å². The molecule has 2 aromatic rings. The Bertz CT molecular complexity index is 537. The number of carbonyl (C=O) groups is 1. The van der Waals surface area contributed by atoms with Gasteiger partial charge < -0.3 is 5.73 Å². The van der Waals surface area contributed by atoms with Crippen molar-refractivity contribution in [2.75, 3.05) is 5.73 Å². The molecule has 0 aliphatic heterocycles. The molecule has 0 unspecified atom stereocenters. The molecule has 0 amide bonds. The number of ketones is 1. The van der Waals surface area contributed by atoms with Crippen molar-refractivity contribution in [1.82, 2.24) is 4.98 Å². The van der Waals surface area contributed by atoms with Crippen molar-refractivity contribution < 1.29 is 4.79 Å². The van der Waals surface area contributed by atoms with E-state index >= 15 is 0 Å². The highest BCUT2D eigenvalue weighted by Crippen LogP contribution is 2.14. The van der Waals surface area contributed by atoms with Crippen LogP contribution in [0.1, 0.15) is 16.1 Å². The smallest absolute Gasteiger partial charge is 0.187 e. The molecule has 1 heterocycles. The number of nitrogens with two attached hydrogens (primary N) is 1. The van der Waals surface area contributed by atoms with Crippen molar-refractivity contribution in [2.45, 2.75) is 6.42 Å². The van der Waals surface area contributed by atoms with Crippen molar-refractivity contribution in [2.24, 2.45) is 0 Å². The van der Waals surface area contributed by atoms with Crippen molar-refractivity contribution in [3.63, 3.8) is 0 Å². The van der Waals surface area contributed by atoms with Crippen LogP contribution < -0.4 is 5.73 Å². The number of Topliss-reactive ketones (excluding diaryl/α,β-unsaturated/α-hetero) is 1. The summed E-state index contributed by atoms with van der Waals surface area (Å²) in [6, 6.07) is 10.5. The third-order valence-corrected chi connectivity index (χ3v) is 2.63. The number of hydrogen-bond acceptors (Lipinski definition) is 3. The fourth-order valence-corrected chi connectivity index (χ4v) is 1.65. The zero-order chi connectivity index (χ0) is 12.3. The molecule has 0 saturated heterocycles. The summed E-state index contributed by atoms with van der Waals surface area (Å²) >= 11 is 5.77. The number of nitrogens with zero attached hydrogens (tertiary/aromatic N) is 1. The van der Waals surface area contributed by atoms with E-state index in [2.05, 4.69) is 4.98 Å². The van der Waals surface area contributed by atoms with Crippen molar-refractivity contribution in [3.8, 4) is 0 Å². The highest BCUT2D eigenvalue weighted by atomic mass is 35.5. The van der Waals surface area contributed by atoms with Gasteiger partial charge in [0.2, 0.25) is 0 Å². The van der Waals surface area contributed by atoms with Gasteiger partial charge in [0.1, 0.15) is 5.69 Å². The van der Waals surface area contributed by atoms with E-state index in [1.54, 1.807) is 30.5 Å². The minimum Gasteiger partial charge on any atom is -0.397 e. The van der Waals surface area contributed by atoms with E-state index in [4.69, 9.17) is 17.3 Å². The summed E-state index contributed by atoms with van der Waals surface area (Å²) in [6.07, 6.45) is 1.84. The maximum atomic E-state index is 11.9. The molecule has 0 saturated carbocycles. The molecular formula is C13H11ClN2O. The van der Waals surface area contributed by atoms with Gasteiger partial charge in [-0.15, -0.1) is 0 Å². The second-order valence-electron chi connectivity index (χ2n) is 3.67. The second-order valence-corrected chi connectivity index (χ2v) is 4.10. The maximum Gasteiger partial charge on any atom is 0.187 e. The number of nitrogen functional groups attached to an aromatic ring is 1. The Hall–Kier alpha value is -1.87. The summed E-state index contributed by atoms with van der Waals surface area (Å²) in [4.78, 5) is 15.9. The molecule has 2 rings (SSSR count). The van der Waals surface area contributed by atoms with Crippen LogP contribution in [0.4, 0.5) is 5.69 Å². The molecule has 2 N–H and O–H groups in total. The lowest BCUT2D eigenvalue weighted by Crippen LogP contribution is -2.09. The fourth-order valence-electron chi connectivity index (χ4n) is 1.52. The molecule has 0 fully saturated rings. The molecule has 1 aromatic heterocycles. The Morgan fingerprint density at radius 3 is 2.59 bits per heavy atom. The average molecular weight is 247 g/mol. The predicted molar refractivity (Wildman–Crippen MR) is 68.1 cm³/mol. The monoisotopic (exact) mass is 246 g/mol. The van der Waals surface area contributed by atoms with Gasteiger partial charge in [0.05, 0.1) is 5.69 Å². The quantitative estimate of drug-likeness (QED) is 0.848. The topological polar surface area (TPSA) is 56.0 Å². The number of benzene rings is 1. The first-order chi connectivity index (χ1) is 8.16. The Morgan fingerprint density at radius 1 is 1.24 bits per heavy atom. The molecular weight excluding hydrogens is 236 g/mol. The Labute approximate surface area is 104 Å². The lowest BCUT2D eigenvalue weighted by molar-refractivity contribution is 0.0989. The molecule has 0 aliphatic rings. The van der Waals surface area contributed by atoms with Crippen molar-refractivity contribution >= 4 is 23.1 Å². The molecule has 1 aromatic carbocycles. The molecule has 0 aliphatic carbocycles. The zero-order valence-electron chi connectivity index (χ0n) is 9.06. The van der Waals surface area contributed by atoms with Crippen LogP contribution in [0.2, 0.25) is 5.02 Å². The van der Waals surface area contributed by atoms with Crippen LogP contribution in [-0.2, 0) is 6.42 Å². The van der Waals surface area contributed by atoms with Crippen molar-refractivity contribution in [1.29, 1.82) is 0 Å². The standard InChI is InChI=1S/C13H11ClN2O/c14-10-5-3-9(4-6-10)8-12(17)13-11(15)2-1-7-16-13/h1-7H,8,15H2. The van der Waals surface area contributed by atoms with Crippen LogP contribution in [0.25, 0.3) is 0 Å². The van der Waals surface area contributed by atoms with Gasteiger partial charge in [-0.2, -0.15) is 0 Å². The summed E-state index contributed by atoms with van der Waals surface area (Å²) in [5.41, 5.74) is 7.32. The van der Waals surface area contributed by atoms with Gasteiger partial charge in [-0.25, -0.2) is 0 Å². The van der Waals surface area contributed by atoms with Crippen molar-refractivity contribution in [3.05, 3.63) is 58.9 Å². The SMILES string of the molecule is Nc1cccnc1C(=O)Cc1ccc(Cl)cc1. The normalized spacial score (nSPS) is 10.2. The number of hydrogen-bond donors (Lipinski definition) is 1. The van der Waals surface area contributed by atoms with E-state index in [1.807, 2.05) is 12.1 Å². The first-order valence-electron chi connectivity index (χ1n) is 5.15. The van der Waals surface area contributed by atoms with Gasteiger partial charge in [-0.3, -0.25) is 9.78 Å². The lowest BCUT2D eigenvalue weighted by Gasteiger charge is -2.03. The van der Waals surface area contributed by atoms with E-state index in [-0.39, 0.29) is 12.2 Å². The van der Waals surface area contributed by atoms with E-state index in [1.165, 1.54) is 0 Å². The lowest BCUT2D eigenvalue weighted by atomic mass is 10.1.